The molecule has 3 unspecified atom stereocenters. The molecule has 5 nitrogen and oxygen atoms in total. The third-order valence-electron chi connectivity index (χ3n) is 8.69. The molecule has 0 heterocycles. The summed E-state index contributed by atoms with van der Waals surface area (Å²) in [6, 6.07) is -0.832. The molecule has 0 fully saturated rings. The van der Waals surface area contributed by atoms with Crippen molar-refractivity contribution >= 4 is 5.91 Å². The predicted molar refractivity (Wildman–Crippen MR) is 194 cm³/mol. The third kappa shape index (κ3) is 31.0. The molecule has 0 aromatic heterocycles. The number of aliphatic hydroxyl groups is 3. The maximum Gasteiger partial charge on any atom is 0.220 e. The fourth-order valence-electron chi connectivity index (χ4n) is 5.64. The van der Waals surface area contributed by atoms with Gasteiger partial charge in [-0.05, 0) is 77.0 Å². The van der Waals surface area contributed by atoms with E-state index in [2.05, 4.69) is 55.6 Å². The second-order valence-electron chi connectivity index (χ2n) is 13.1. The minimum absolute atomic E-state index is 0.166. The summed E-state index contributed by atoms with van der Waals surface area (Å²) in [6.45, 7) is 4.13. The van der Waals surface area contributed by atoms with Crippen LogP contribution in [0, 0.1) is 0 Å². The Morgan fingerprint density at radius 1 is 0.533 bits per heavy atom. The predicted octanol–water partition coefficient (Wildman–Crippen LogP) is 10.4. The molecule has 0 aliphatic carbocycles. The van der Waals surface area contributed by atoms with E-state index in [0.29, 0.717) is 12.8 Å². The molecule has 0 aromatic rings. The van der Waals surface area contributed by atoms with E-state index in [1.807, 2.05) is 0 Å². The molecule has 0 radical (unpaired) electrons. The molecule has 0 aliphatic heterocycles. The summed E-state index contributed by atoms with van der Waals surface area (Å²) in [5, 5.41) is 33.3. The van der Waals surface area contributed by atoms with E-state index >= 15 is 0 Å². The van der Waals surface area contributed by atoms with Crippen LogP contribution in [0.15, 0.2) is 36.5 Å². The number of hydrogen-bond donors (Lipinski definition) is 4. The number of aliphatic hydroxyl groups excluding tert-OH is 3. The average molecular weight is 634 g/mol. The van der Waals surface area contributed by atoms with Gasteiger partial charge in [-0.1, -0.05) is 140 Å². The number of carbonyl (C=O) groups excluding carboxylic acids is 1. The van der Waals surface area contributed by atoms with Gasteiger partial charge in [0, 0.05) is 6.42 Å². The second kappa shape index (κ2) is 35.4. The zero-order valence-electron chi connectivity index (χ0n) is 29.7. The first-order valence-electron chi connectivity index (χ1n) is 19.3. The largest absolute Gasteiger partial charge is 0.394 e. The molecule has 0 spiro atoms. The lowest BCUT2D eigenvalue weighted by atomic mass is 10.0. The Morgan fingerprint density at radius 3 is 1.38 bits per heavy atom. The lowest BCUT2D eigenvalue weighted by molar-refractivity contribution is -0.124. The molecule has 3 atom stereocenters. The van der Waals surface area contributed by atoms with E-state index < -0.39 is 18.2 Å². The Labute approximate surface area is 279 Å². The van der Waals surface area contributed by atoms with Crippen LogP contribution in [-0.2, 0) is 4.79 Å². The first kappa shape index (κ1) is 43.6. The first-order chi connectivity index (χ1) is 22.1. The van der Waals surface area contributed by atoms with Crippen LogP contribution >= 0.6 is 0 Å². The highest BCUT2D eigenvalue weighted by Crippen LogP contribution is 2.13. The number of nitrogens with one attached hydrogen (secondary N) is 1. The van der Waals surface area contributed by atoms with E-state index in [1.54, 1.807) is 0 Å². The molecular weight excluding hydrogens is 558 g/mol. The maximum absolute atomic E-state index is 12.4. The van der Waals surface area contributed by atoms with Crippen molar-refractivity contribution in [2.45, 2.75) is 205 Å². The standard InChI is InChI=1S/C40H75NO4/c1-3-5-7-9-11-13-15-17-19-21-22-24-26-28-30-32-34-38(43)40(45)37(36-42)41-39(44)35-33-31-29-27-25-23-20-18-16-14-12-10-8-6-4-2/h14,16,19,21,26,28,37-38,40,42-43,45H,3-13,15,17-18,20,22-25,27,29-36H2,1-2H3,(H,41,44)/b16-14-,21-19+,28-26+. The Bertz CT molecular complexity index is 704. The summed E-state index contributed by atoms with van der Waals surface area (Å²) in [6.07, 6.45) is 42.3. The lowest BCUT2D eigenvalue weighted by Gasteiger charge is -2.26. The van der Waals surface area contributed by atoms with Gasteiger partial charge in [0.05, 0.1) is 18.8 Å². The van der Waals surface area contributed by atoms with E-state index in [0.717, 1.165) is 44.9 Å². The van der Waals surface area contributed by atoms with Gasteiger partial charge < -0.3 is 20.6 Å². The lowest BCUT2D eigenvalue weighted by Crippen LogP contribution is -2.50. The first-order valence-corrected chi connectivity index (χ1v) is 19.3. The van der Waals surface area contributed by atoms with Gasteiger partial charge in [0.25, 0.3) is 0 Å². The molecule has 4 N–H and O–H groups in total. The summed E-state index contributed by atoms with van der Waals surface area (Å²) in [5.74, 6) is -0.166. The van der Waals surface area contributed by atoms with E-state index in [4.69, 9.17) is 0 Å². The quantitative estimate of drug-likeness (QED) is 0.0419. The molecule has 0 aliphatic rings. The van der Waals surface area contributed by atoms with E-state index in [-0.39, 0.29) is 12.5 Å². The topological polar surface area (TPSA) is 89.8 Å². The van der Waals surface area contributed by atoms with Crippen molar-refractivity contribution in [3.05, 3.63) is 36.5 Å². The minimum Gasteiger partial charge on any atom is -0.394 e. The monoisotopic (exact) mass is 634 g/mol. The molecule has 1 amide bonds. The molecule has 0 bridgehead atoms. The maximum atomic E-state index is 12.4. The van der Waals surface area contributed by atoms with Gasteiger partial charge >= 0.3 is 0 Å². The van der Waals surface area contributed by atoms with Gasteiger partial charge in [-0.15, -0.1) is 0 Å². The van der Waals surface area contributed by atoms with Crippen LogP contribution in [0.4, 0.5) is 0 Å². The Balaban J connectivity index is 3.77. The van der Waals surface area contributed by atoms with Crippen molar-refractivity contribution in [2.75, 3.05) is 6.61 Å². The SMILES string of the molecule is CCCCCC/C=C\CCCCCCCCCC(=O)NC(CO)C(O)C(O)CCC/C=C/CC/C=C/CCCCCCCCC. The van der Waals surface area contributed by atoms with Gasteiger partial charge in [-0.3, -0.25) is 4.79 Å². The van der Waals surface area contributed by atoms with Crippen molar-refractivity contribution in [2.24, 2.45) is 0 Å². The molecule has 264 valence electrons. The van der Waals surface area contributed by atoms with Crippen LogP contribution in [0.1, 0.15) is 187 Å². The average Bonchev–Trinajstić information content (AvgIpc) is 3.04. The zero-order chi connectivity index (χ0) is 33.1. The van der Waals surface area contributed by atoms with Crippen molar-refractivity contribution < 1.29 is 20.1 Å². The van der Waals surface area contributed by atoms with E-state index in [9.17, 15) is 20.1 Å². The van der Waals surface area contributed by atoms with Gasteiger partial charge in [0.15, 0.2) is 0 Å². The number of allylic oxidation sites excluding steroid dienone is 6. The molecule has 0 saturated carbocycles. The Kier molecular flexibility index (Phi) is 34.3. The summed E-state index contributed by atoms with van der Waals surface area (Å²) in [4.78, 5) is 12.4. The van der Waals surface area contributed by atoms with Crippen molar-refractivity contribution in [1.29, 1.82) is 0 Å². The molecule has 45 heavy (non-hydrogen) atoms. The van der Waals surface area contributed by atoms with Gasteiger partial charge in [-0.25, -0.2) is 0 Å². The normalized spacial score (nSPS) is 14.2. The molecule has 0 saturated heterocycles. The van der Waals surface area contributed by atoms with Crippen LogP contribution in [0.5, 0.6) is 0 Å². The Hall–Kier alpha value is -1.43. The fraction of sp³-hybridized carbons (Fsp3) is 0.825. The smallest absolute Gasteiger partial charge is 0.220 e. The van der Waals surface area contributed by atoms with E-state index in [1.165, 1.54) is 116 Å². The Morgan fingerprint density at radius 2 is 0.911 bits per heavy atom. The molecular formula is C40H75NO4. The summed E-state index contributed by atoms with van der Waals surface area (Å²) in [5.41, 5.74) is 0. The van der Waals surface area contributed by atoms with Gasteiger partial charge in [-0.2, -0.15) is 0 Å². The molecule has 0 rings (SSSR count). The summed E-state index contributed by atoms with van der Waals surface area (Å²) in [7, 11) is 0. The highest BCUT2D eigenvalue weighted by Gasteiger charge is 2.26. The molecule has 0 aromatic carbocycles. The third-order valence-corrected chi connectivity index (χ3v) is 8.69. The van der Waals surface area contributed by atoms with Crippen LogP contribution in [0.2, 0.25) is 0 Å². The number of rotatable bonds is 34. The van der Waals surface area contributed by atoms with Crippen molar-refractivity contribution in [3.63, 3.8) is 0 Å². The minimum atomic E-state index is -1.17. The fourth-order valence-corrected chi connectivity index (χ4v) is 5.64. The zero-order valence-corrected chi connectivity index (χ0v) is 29.7. The molecule has 5 heteroatoms. The van der Waals surface area contributed by atoms with Crippen molar-refractivity contribution in [3.8, 4) is 0 Å². The number of hydrogen-bond acceptors (Lipinski definition) is 4. The number of amides is 1. The van der Waals surface area contributed by atoms with Crippen LogP contribution in [0.3, 0.4) is 0 Å². The van der Waals surface area contributed by atoms with Gasteiger partial charge in [0.1, 0.15) is 6.10 Å². The van der Waals surface area contributed by atoms with Crippen molar-refractivity contribution in [1.82, 2.24) is 5.32 Å². The number of unbranched alkanes of at least 4 members (excludes halogenated alkanes) is 20. The van der Waals surface area contributed by atoms with Crippen LogP contribution in [0.25, 0.3) is 0 Å². The second-order valence-corrected chi connectivity index (χ2v) is 13.1. The summed E-state index contributed by atoms with van der Waals surface area (Å²) < 4.78 is 0. The highest BCUT2D eigenvalue weighted by atomic mass is 16.3. The van der Waals surface area contributed by atoms with Crippen LogP contribution < -0.4 is 5.32 Å². The van der Waals surface area contributed by atoms with Gasteiger partial charge in [0.2, 0.25) is 5.91 Å². The summed E-state index contributed by atoms with van der Waals surface area (Å²) >= 11 is 0. The van der Waals surface area contributed by atoms with Crippen LogP contribution in [-0.4, -0.2) is 46.1 Å². The number of carbonyl (C=O) groups is 1. The highest BCUT2D eigenvalue weighted by molar-refractivity contribution is 5.76.